The Hall–Kier alpha value is -2.72. The van der Waals surface area contributed by atoms with E-state index in [1.54, 1.807) is 6.07 Å². The van der Waals surface area contributed by atoms with Gasteiger partial charge in [-0.15, -0.1) is 0 Å². The molecular formula is C19H21F3N6O. The molecule has 4 rings (SSSR count). The maximum atomic E-state index is 13.2. The molecule has 0 saturated carbocycles. The summed E-state index contributed by atoms with van der Waals surface area (Å²) < 4.78 is 41.1. The van der Waals surface area contributed by atoms with Gasteiger partial charge in [0.05, 0.1) is 29.5 Å². The van der Waals surface area contributed by atoms with E-state index in [0.29, 0.717) is 29.8 Å². The molecule has 0 aromatic carbocycles. The Morgan fingerprint density at radius 3 is 2.79 bits per heavy atom. The quantitative estimate of drug-likeness (QED) is 0.618. The van der Waals surface area contributed by atoms with Gasteiger partial charge in [0.25, 0.3) is 0 Å². The summed E-state index contributed by atoms with van der Waals surface area (Å²) in [6.45, 7) is 2.54. The number of pyridine rings is 1. The van der Waals surface area contributed by atoms with Gasteiger partial charge in [-0.3, -0.25) is 9.38 Å². The molecule has 3 N–H and O–H groups in total. The number of alkyl halides is 3. The minimum atomic E-state index is -4.86. The smallest absolute Gasteiger partial charge is 0.375 e. The Kier molecular flexibility index (Phi) is 4.91. The minimum absolute atomic E-state index is 0.270. The highest BCUT2D eigenvalue weighted by Gasteiger charge is 2.52. The zero-order valence-corrected chi connectivity index (χ0v) is 15.7. The van der Waals surface area contributed by atoms with E-state index in [4.69, 9.17) is 0 Å². The number of rotatable bonds is 4. The predicted molar refractivity (Wildman–Crippen MR) is 101 cm³/mol. The van der Waals surface area contributed by atoms with Gasteiger partial charge >= 0.3 is 6.18 Å². The van der Waals surface area contributed by atoms with Crippen LogP contribution < -0.4 is 10.6 Å². The fourth-order valence-corrected chi connectivity index (χ4v) is 3.32. The number of aromatic nitrogens is 4. The van der Waals surface area contributed by atoms with Gasteiger partial charge in [0, 0.05) is 18.8 Å². The van der Waals surface area contributed by atoms with E-state index in [0.717, 1.165) is 32.1 Å². The monoisotopic (exact) mass is 406 g/mol. The Morgan fingerprint density at radius 1 is 1.24 bits per heavy atom. The van der Waals surface area contributed by atoms with Crippen molar-refractivity contribution in [2.24, 2.45) is 0 Å². The second-order valence-corrected chi connectivity index (χ2v) is 7.31. The zero-order valence-electron chi connectivity index (χ0n) is 15.7. The van der Waals surface area contributed by atoms with Crippen molar-refractivity contribution in [2.75, 3.05) is 18.4 Å². The first-order valence-electron chi connectivity index (χ1n) is 9.33. The lowest BCUT2D eigenvalue weighted by Gasteiger charge is -2.25. The molecule has 1 saturated heterocycles. The molecule has 7 nitrogen and oxygen atoms in total. The van der Waals surface area contributed by atoms with Gasteiger partial charge in [0.2, 0.25) is 5.60 Å². The molecule has 4 heterocycles. The second-order valence-electron chi connectivity index (χ2n) is 7.31. The number of anilines is 1. The molecule has 0 aliphatic carbocycles. The molecule has 29 heavy (non-hydrogen) atoms. The van der Waals surface area contributed by atoms with Gasteiger partial charge in [0.15, 0.2) is 5.65 Å². The van der Waals surface area contributed by atoms with Crippen LogP contribution in [0, 0.1) is 0 Å². The SMILES string of the molecule is CC(O)(c1cn2c(-c3cccc(N[C@@H]4CCCNC4)n3)cnc2cn1)C(F)(F)F. The third kappa shape index (κ3) is 3.77. The third-order valence-electron chi connectivity index (χ3n) is 5.11. The number of piperidine rings is 1. The van der Waals surface area contributed by atoms with Crippen molar-refractivity contribution < 1.29 is 18.3 Å². The summed E-state index contributed by atoms with van der Waals surface area (Å²) in [5, 5.41) is 16.7. The molecule has 0 radical (unpaired) electrons. The molecule has 10 heteroatoms. The van der Waals surface area contributed by atoms with Crippen molar-refractivity contribution in [2.45, 2.75) is 37.6 Å². The van der Waals surface area contributed by atoms with E-state index in [1.807, 2.05) is 12.1 Å². The average Bonchev–Trinajstić information content (AvgIpc) is 3.11. The number of nitrogens with zero attached hydrogens (tertiary/aromatic N) is 4. The summed E-state index contributed by atoms with van der Waals surface area (Å²) in [4.78, 5) is 12.5. The van der Waals surface area contributed by atoms with Gasteiger partial charge in [-0.05, 0) is 38.4 Å². The highest BCUT2D eigenvalue weighted by atomic mass is 19.4. The first-order chi connectivity index (χ1) is 13.8. The second kappa shape index (κ2) is 7.27. The normalized spacial score (nSPS) is 19.8. The van der Waals surface area contributed by atoms with Crippen LogP contribution >= 0.6 is 0 Å². The van der Waals surface area contributed by atoms with E-state index in [-0.39, 0.29) is 6.04 Å². The Bertz CT molecular complexity index is 1010. The van der Waals surface area contributed by atoms with Crippen molar-refractivity contribution in [1.29, 1.82) is 0 Å². The summed E-state index contributed by atoms with van der Waals surface area (Å²) >= 11 is 0. The summed E-state index contributed by atoms with van der Waals surface area (Å²) in [6.07, 6.45) is 1.14. The number of fused-ring (bicyclic) bond motifs is 1. The van der Waals surface area contributed by atoms with Crippen LogP contribution in [0.3, 0.4) is 0 Å². The van der Waals surface area contributed by atoms with Crippen molar-refractivity contribution in [1.82, 2.24) is 24.7 Å². The van der Waals surface area contributed by atoms with Crippen LogP contribution in [0.4, 0.5) is 19.0 Å². The van der Waals surface area contributed by atoms with Crippen LogP contribution in [-0.2, 0) is 5.60 Å². The molecule has 2 atom stereocenters. The molecular weight excluding hydrogens is 385 g/mol. The first-order valence-corrected chi connectivity index (χ1v) is 9.33. The molecule has 3 aromatic heterocycles. The number of nitrogens with one attached hydrogen (secondary N) is 2. The van der Waals surface area contributed by atoms with Crippen molar-refractivity contribution >= 4 is 11.5 Å². The Balaban J connectivity index is 1.69. The van der Waals surface area contributed by atoms with Crippen molar-refractivity contribution in [3.05, 3.63) is 42.5 Å². The summed E-state index contributed by atoms with van der Waals surface area (Å²) in [7, 11) is 0. The van der Waals surface area contributed by atoms with Crippen LogP contribution in [0.15, 0.2) is 36.8 Å². The third-order valence-corrected chi connectivity index (χ3v) is 5.11. The maximum Gasteiger partial charge on any atom is 0.422 e. The number of hydrogen-bond donors (Lipinski definition) is 3. The van der Waals surface area contributed by atoms with Gasteiger partial charge < -0.3 is 15.7 Å². The highest BCUT2D eigenvalue weighted by molar-refractivity contribution is 5.61. The zero-order chi connectivity index (χ0) is 20.6. The fourth-order valence-electron chi connectivity index (χ4n) is 3.32. The summed E-state index contributed by atoms with van der Waals surface area (Å²) in [6, 6.07) is 5.71. The van der Waals surface area contributed by atoms with Crippen molar-refractivity contribution in [3.63, 3.8) is 0 Å². The minimum Gasteiger partial charge on any atom is -0.375 e. The van der Waals surface area contributed by atoms with Crippen LogP contribution in [-0.4, -0.2) is 49.8 Å². The average molecular weight is 406 g/mol. The predicted octanol–water partition coefficient (Wildman–Crippen LogP) is 2.73. The topological polar surface area (TPSA) is 87.4 Å². The van der Waals surface area contributed by atoms with Gasteiger partial charge in [-0.25, -0.2) is 9.97 Å². The van der Waals surface area contributed by atoms with E-state index in [2.05, 4.69) is 25.6 Å². The summed E-state index contributed by atoms with van der Waals surface area (Å²) in [5.41, 5.74) is -2.17. The van der Waals surface area contributed by atoms with E-state index in [9.17, 15) is 18.3 Å². The fraction of sp³-hybridized carbons (Fsp3) is 0.421. The van der Waals surface area contributed by atoms with Gasteiger partial charge in [-0.1, -0.05) is 6.07 Å². The van der Waals surface area contributed by atoms with E-state index >= 15 is 0 Å². The standard InChI is InChI=1S/C19H21F3N6O/c1-18(29,19(20,21)22)15-11-28-14(9-25-17(28)10-24-15)13-5-2-6-16(27-13)26-12-4-3-7-23-8-12/h2,5-6,9-12,23,29H,3-4,7-8H2,1H3,(H,26,27)/t12-,18?/m1/s1. The van der Waals surface area contributed by atoms with Crippen LogP contribution in [0.5, 0.6) is 0 Å². The van der Waals surface area contributed by atoms with Gasteiger partial charge in [0.1, 0.15) is 5.82 Å². The van der Waals surface area contributed by atoms with Crippen LogP contribution in [0.2, 0.25) is 0 Å². The highest BCUT2D eigenvalue weighted by Crippen LogP contribution is 2.37. The maximum absolute atomic E-state index is 13.2. The lowest BCUT2D eigenvalue weighted by Crippen LogP contribution is -2.40. The van der Waals surface area contributed by atoms with E-state index in [1.165, 1.54) is 16.8 Å². The number of imidazole rings is 1. The Labute approximate surface area is 165 Å². The Morgan fingerprint density at radius 2 is 2.07 bits per heavy atom. The number of hydrogen-bond acceptors (Lipinski definition) is 6. The molecule has 0 bridgehead atoms. The molecule has 1 fully saturated rings. The molecule has 0 amide bonds. The summed E-state index contributed by atoms with van der Waals surface area (Å²) in [5.74, 6) is 0.683. The largest absolute Gasteiger partial charge is 0.422 e. The molecule has 1 aliphatic heterocycles. The number of halogens is 3. The van der Waals surface area contributed by atoms with E-state index < -0.39 is 17.5 Å². The molecule has 1 unspecified atom stereocenters. The lowest BCUT2D eigenvalue weighted by molar-refractivity contribution is -0.260. The van der Waals surface area contributed by atoms with Crippen molar-refractivity contribution in [3.8, 4) is 11.4 Å². The van der Waals surface area contributed by atoms with Crippen LogP contribution in [0.1, 0.15) is 25.5 Å². The molecule has 154 valence electrons. The molecule has 3 aromatic rings. The lowest BCUT2D eigenvalue weighted by atomic mass is 10.0. The first kappa shape index (κ1) is 19.6. The molecule has 1 aliphatic rings. The number of aliphatic hydroxyl groups is 1. The van der Waals surface area contributed by atoms with Crippen LogP contribution in [0.25, 0.3) is 17.0 Å². The molecule has 0 spiro atoms. The van der Waals surface area contributed by atoms with Gasteiger partial charge in [-0.2, -0.15) is 13.2 Å².